The molecule has 5 nitrogen and oxygen atoms in total. The molecule has 3 rings (SSSR count). The molecule has 0 atom stereocenters. The summed E-state index contributed by atoms with van der Waals surface area (Å²) in [5.74, 6) is 0.726. The van der Waals surface area contributed by atoms with E-state index in [1.54, 1.807) is 35.3 Å². The molecule has 0 saturated carbocycles. The minimum Gasteiger partial charge on any atom is -0.310 e. The maximum absolute atomic E-state index is 12.2. The highest BCUT2D eigenvalue weighted by atomic mass is 35.5. The Balaban J connectivity index is 1.60. The van der Waals surface area contributed by atoms with Crippen LogP contribution >= 0.6 is 35.0 Å². The van der Waals surface area contributed by atoms with Crippen LogP contribution in [0.5, 0.6) is 0 Å². The second-order valence-electron chi connectivity index (χ2n) is 5.12. The normalized spacial score (nSPS) is 10.6. The number of hydrogen-bond acceptors (Lipinski definition) is 4. The molecule has 0 radical (unpaired) electrons. The molecule has 1 aromatic carbocycles. The van der Waals surface area contributed by atoms with Crippen LogP contribution in [0, 0.1) is 0 Å². The van der Waals surface area contributed by atoms with Gasteiger partial charge in [0, 0.05) is 17.3 Å². The van der Waals surface area contributed by atoms with E-state index in [1.165, 1.54) is 11.8 Å². The Kier molecular flexibility index (Phi) is 5.96. The molecule has 0 spiro atoms. The maximum atomic E-state index is 12.2. The fourth-order valence-electron chi connectivity index (χ4n) is 2.12. The summed E-state index contributed by atoms with van der Waals surface area (Å²) in [6, 6.07) is 12.8. The smallest absolute Gasteiger partial charge is 0.235 e. The second kappa shape index (κ2) is 8.38. The zero-order valence-electron chi connectivity index (χ0n) is 13.0. The van der Waals surface area contributed by atoms with Gasteiger partial charge in [0.1, 0.15) is 5.82 Å². The monoisotopic (exact) mass is 392 g/mol. The molecular formula is C17H14Cl2N4OS. The van der Waals surface area contributed by atoms with Gasteiger partial charge in [-0.25, -0.2) is 9.67 Å². The first-order valence-corrected chi connectivity index (χ1v) is 9.15. The molecule has 128 valence electrons. The molecule has 25 heavy (non-hydrogen) atoms. The van der Waals surface area contributed by atoms with Crippen LogP contribution in [-0.2, 0) is 11.3 Å². The topological polar surface area (TPSA) is 59.8 Å². The van der Waals surface area contributed by atoms with Gasteiger partial charge in [-0.3, -0.25) is 4.79 Å². The molecule has 2 heterocycles. The van der Waals surface area contributed by atoms with E-state index in [0.29, 0.717) is 22.4 Å². The lowest BCUT2D eigenvalue weighted by atomic mass is 10.2. The number of rotatable bonds is 6. The minimum atomic E-state index is -0.136. The van der Waals surface area contributed by atoms with E-state index < -0.39 is 0 Å². The highest BCUT2D eigenvalue weighted by Gasteiger charge is 2.10. The van der Waals surface area contributed by atoms with Gasteiger partial charge in [-0.15, -0.1) is 0 Å². The standard InChI is InChI=1S/C17H14Cl2N4OS/c18-13-5-6-17(20-9-13)25-11-16(24)22-15-7-8-21-23(15)10-12-3-1-2-4-14(12)19/h1-9H,10-11H2,(H,22,24). The fraction of sp³-hybridized carbons (Fsp3) is 0.118. The van der Waals surface area contributed by atoms with E-state index in [2.05, 4.69) is 15.4 Å². The van der Waals surface area contributed by atoms with Crippen LogP contribution in [0.15, 0.2) is 59.9 Å². The molecular weight excluding hydrogens is 379 g/mol. The van der Waals surface area contributed by atoms with Crippen LogP contribution in [0.25, 0.3) is 0 Å². The first-order chi connectivity index (χ1) is 12.1. The van der Waals surface area contributed by atoms with Crippen molar-refractivity contribution in [1.82, 2.24) is 14.8 Å². The van der Waals surface area contributed by atoms with Gasteiger partial charge in [0.2, 0.25) is 5.91 Å². The third-order valence-electron chi connectivity index (χ3n) is 3.31. The SMILES string of the molecule is O=C(CSc1ccc(Cl)cn1)Nc1ccnn1Cc1ccccc1Cl. The van der Waals surface area contributed by atoms with Crippen molar-refractivity contribution in [3.8, 4) is 0 Å². The molecule has 0 aliphatic heterocycles. The lowest BCUT2D eigenvalue weighted by Crippen LogP contribution is -2.18. The predicted octanol–water partition coefficient (Wildman–Crippen LogP) is 4.36. The van der Waals surface area contributed by atoms with Gasteiger partial charge in [-0.2, -0.15) is 5.10 Å². The van der Waals surface area contributed by atoms with Gasteiger partial charge in [-0.05, 0) is 23.8 Å². The van der Waals surface area contributed by atoms with Crippen molar-refractivity contribution in [3.63, 3.8) is 0 Å². The van der Waals surface area contributed by atoms with Crippen molar-refractivity contribution in [2.45, 2.75) is 11.6 Å². The Hall–Kier alpha value is -2.02. The Morgan fingerprint density at radius 2 is 2.00 bits per heavy atom. The number of benzene rings is 1. The van der Waals surface area contributed by atoms with E-state index >= 15 is 0 Å². The molecule has 3 aromatic rings. The third-order valence-corrected chi connectivity index (χ3v) is 4.85. The van der Waals surface area contributed by atoms with E-state index in [1.807, 2.05) is 24.3 Å². The van der Waals surface area contributed by atoms with E-state index in [9.17, 15) is 4.79 Å². The van der Waals surface area contributed by atoms with Gasteiger partial charge in [-0.1, -0.05) is 53.2 Å². The molecule has 0 bridgehead atoms. The second-order valence-corrected chi connectivity index (χ2v) is 6.96. The van der Waals surface area contributed by atoms with Crippen LogP contribution in [0.1, 0.15) is 5.56 Å². The van der Waals surface area contributed by atoms with Crippen LogP contribution < -0.4 is 5.32 Å². The van der Waals surface area contributed by atoms with Gasteiger partial charge in [0.25, 0.3) is 0 Å². The lowest BCUT2D eigenvalue weighted by Gasteiger charge is -2.10. The molecule has 0 saturated heterocycles. The predicted molar refractivity (Wildman–Crippen MR) is 101 cm³/mol. The number of carbonyl (C=O) groups is 1. The molecule has 0 fully saturated rings. The summed E-state index contributed by atoms with van der Waals surface area (Å²) >= 11 is 13.3. The highest BCUT2D eigenvalue weighted by molar-refractivity contribution is 7.99. The number of pyridine rings is 1. The Bertz CT molecular complexity index is 867. The van der Waals surface area contributed by atoms with Crippen molar-refractivity contribution < 1.29 is 4.79 Å². The van der Waals surface area contributed by atoms with Gasteiger partial charge < -0.3 is 5.32 Å². The summed E-state index contributed by atoms with van der Waals surface area (Å²) in [6.07, 6.45) is 3.20. The first kappa shape index (κ1) is 17.8. The number of halogens is 2. The zero-order chi connectivity index (χ0) is 17.6. The minimum absolute atomic E-state index is 0.136. The van der Waals surface area contributed by atoms with Crippen LogP contribution in [-0.4, -0.2) is 26.4 Å². The summed E-state index contributed by atoms with van der Waals surface area (Å²) in [4.78, 5) is 16.3. The summed E-state index contributed by atoms with van der Waals surface area (Å²) in [5, 5.41) is 9.07. The van der Waals surface area contributed by atoms with Crippen molar-refractivity contribution in [3.05, 3.63) is 70.5 Å². The number of amides is 1. The molecule has 0 unspecified atom stereocenters. The number of thioether (sulfide) groups is 1. The lowest BCUT2D eigenvalue weighted by molar-refractivity contribution is -0.113. The summed E-state index contributed by atoms with van der Waals surface area (Å²) in [5.41, 5.74) is 0.933. The van der Waals surface area contributed by atoms with Crippen LogP contribution in [0.3, 0.4) is 0 Å². The Morgan fingerprint density at radius 1 is 1.16 bits per heavy atom. The molecule has 0 aliphatic carbocycles. The molecule has 1 amide bonds. The number of hydrogen-bond donors (Lipinski definition) is 1. The number of carbonyl (C=O) groups excluding carboxylic acids is 1. The number of anilines is 1. The van der Waals surface area contributed by atoms with Gasteiger partial charge >= 0.3 is 0 Å². The van der Waals surface area contributed by atoms with Crippen molar-refractivity contribution in [2.75, 3.05) is 11.1 Å². The van der Waals surface area contributed by atoms with Gasteiger partial charge in [0.05, 0.1) is 28.5 Å². The zero-order valence-corrected chi connectivity index (χ0v) is 15.4. The van der Waals surface area contributed by atoms with Crippen molar-refractivity contribution >= 4 is 46.7 Å². The molecule has 1 N–H and O–H groups in total. The maximum Gasteiger partial charge on any atom is 0.235 e. The first-order valence-electron chi connectivity index (χ1n) is 7.41. The van der Waals surface area contributed by atoms with Crippen LogP contribution in [0.2, 0.25) is 10.0 Å². The van der Waals surface area contributed by atoms with E-state index in [4.69, 9.17) is 23.2 Å². The van der Waals surface area contributed by atoms with E-state index in [0.717, 1.165) is 10.6 Å². The largest absolute Gasteiger partial charge is 0.310 e. The Morgan fingerprint density at radius 3 is 2.76 bits per heavy atom. The van der Waals surface area contributed by atoms with Crippen molar-refractivity contribution in [1.29, 1.82) is 0 Å². The van der Waals surface area contributed by atoms with Crippen molar-refractivity contribution in [2.24, 2.45) is 0 Å². The molecule has 0 aliphatic rings. The average Bonchev–Trinajstić information content (AvgIpc) is 3.03. The van der Waals surface area contributed by atoms with E-state index in [-0.39, 0.29) is 11.7 Å². The summed E-state index contributed by atoms with van der Waals surface area (Å²) in [6.45, 7) is 0.480. The molecule has 8 heteroatoms. The fourth-order valence-corrected chi connectivity index (χ4v) is 3.07. The summed E-state index contributed by atoms with van der Waals surface area (Å²) < 4.78 is 1.70. The third kappa shape index (κ3) is 4.98. The number of nitrogens with zero attached hydrogens (tertiary/aromatic N) is 3. The number of aromatic nitrogens is 3. The summed E-state index contributed by atoms with van der Waals surface area (Å²) in [7, 11) is 0. The van der Waals surface area contributed by atoms with Gasteiger partial charge in [0.15, 0.2) is 0 Å². The number of nitrogens with one attached hydrogen (secondary N) is 1. The Labute approximate surface area is 159 Å². The van der Waals surface area contributed by atoms with Crippen LogP contribution in [0.4, 0.5) is 5.82 Å². The highest BCUT2D eigenvalue weighted by Crippen LogP contribution is 2.19. The molecule has 2 aromatic heterocycles. The quantitative estimate of drug-likeness (QED) is 0.632. The average molecular weight is 393 g/mol.